The predicted molar refractivity (Wildman–Crippen MR) is 104 cm³/mol. The van der Waals surface area contributed by atoms with Crippen molar-refractivity contribution in [2.24, 2.45) is 0 Å². The van der Waals surface area contributed by atoms with Crippen LogP contribution >= 0.6 is 11.3 Å². The molecular formula is C18H23N5O2S. The lowest BCUT2D eigenvalue weighted by atomic mass is 10.2. The Balaban J connectivity index is 1.53. The van der Waals surface area contributed by atoms with Gasteiger partial charge in [0.05, 0.1) is 16.8 Å². The molecule has 0 saturated carbocycles. The fourth-order valence-corrected chi connectivity index (χ4v) is 3.30. The number of piperazine rings is 1. The Hall–Kier alpha value is -2.45. The summed E-state index contributed by atoms with van der Waals surface area (Å²) < 4.78 is 0. The number of thiophene rings is 1. The maximum Gasteiger partial charge on any atom is 0.261 e. The van der Waals surface area contributed by atoms with Crippen LogP contribution in [0.1, 0.15) is 16.6 Å². The highest BCUT2D eigenvalue weighted by Gasteiger charge is 2.18. The fraction of sp³-hybridized carbons (Fsp3) is 0.389. The third kappa shape index (κ3) is 4.59. The second-order valence-corrected chi connectivity index (χ2v) is 7.30. The van der Waals surface area contributed by atoms with Crippen molar-refractivity contribution in [1.29, 1.82) is 0 Å². The van der Waals surface area contributed by atoms with Gasteiger partial charge in [0.1, 0.15) is 11.9 Å². The molecule has 1 fully saturated rings. The molecule has 3 rings (SSSR count). The second-order valence-electron chi connectivity index (χ2n) is 6.36. The van der Waals surface area contributed by atoms with Gasteiger partial charge >= 0.3 is 0 Å². The summed E-state index contributed by atoms with van der Waals surface area (Å²) in [4.78, 5) is 33.8. The number of hydrogen-bond acceptors (Lipinski definition) is 6. The molecule has 1 atom stereocenters. The summed E-state index contributed by atoms with van der Waals surface area (Å²) >= 11 is 1.34. The van der Waals surface area contributed by atoms with E-state index in [1.807, 2.05) is 17.5 Å². The van der Waals surface area contributed by atoms with Gasteiger partial charge in [-0.05, 0) is 37.6 Å². The smallest absolute Gasteiger partial charge is 0.261 e. The molecule has 26 heavy (non-hydrogen) atoms. The number of hydrogen-bond donors (Lipinski definition) is 2. The fourth-order valence-electron chi connectivity index (χ4n) is 2.67. The first-order chi connectivity index (χ1) is 12.5. The Kier molecular flexibility index (Phi) is 5.85. The van der Waals surface area contributed by atoms with Gasteiger partial charge in [-0.15, -0.1) is 11.3 Å². The Morgan fingerprint density at radius 1 is 1.19 bits per heavy atom. The third-order valence-electron chi connectivity index (χ3n) is 4.33. The van der Waals surface area contributed by atoms with Gasteiger partial charge in [-0.25, -0.2) is 4.98 Å². The minimum atomic E-state index is -0.637. The predicted octanol–water partition coefficient (Wildman–Crippen LogP) is 1.65. The highest BCUT2D eigenvalue weighted by Crippen LogP contribution is 2.16. The van der Waals surface area contributed by atoms with Gasteiger partial charge in [0, 0.05) is 26.2 Å². The van der Waals surface area contributed by atoms with E-state index in [0.717, 1.165) is 32.0 Å². The number of aromatic nitrogens is 1. The van der Waals surface area contributed by atoms with Gasteiger partial charge in [0.2, 0.25) is 5.91 Å². The third-order valence-corrected chi connectivity index (χ3v) is 5.20. The summed E-state index contributed by atoms with van der Waals surface area (Å²) in [6.07, 6.45) is 1.65. The monoisotopic (exact) mass is 373 g/mol. The van der Waals surface area contributed by atoms with E-state index in [0.29, 0.717) is 10.6 Å². The van der Waals surface area contributed by atoms with Crippen LogP contribution in [0.3, 0.4) is 0 Å². The van der Waals surface area contributed by atoms with Crippen LogP contribution in [0, 0.1) is 0 Å². The summed E-state index contributed by atoms with van der Waals surface area (Å²) in [7, 11) is 2.11. The summed E-state index contributed by atoms with van der Waals surface area (Å²) in [5.41, 5.74) is 0.616. The normalized spacial score (nSPS) is 16.2. The number of nitrogens with one attached hydrogen (secondary N) is 2. The van der Waals surface area contributed by atoms with E-state index < -0.39 is 6.04 Å². The average molecular weight is 373 g/mol. The van der Waals surface area contributed by atoms with E-state index in [9.17, 15) is 9.59 Å². The molecule has 1 saturated heterocycles. The van der Waals surface area contributed by atoms with Crippen molar-refractivity contribution in [2.75, 3.05) is 43.4 Å². The van der Waals surface area contributed by atoms with Crippen molar-refractivity contribution in [1.82, 2.24) is 15.2 Å². The Morgan fingerprint density at radius 3 is 2.58 bits per heavy atom. The molecule has 7 nitrogen and oxygen atoms in total. The Bertz CT molecular complexity index is 739. The van der Waals surface area contributed by atoms with Crippen LogP contribution in [0.4, 0.5) is 11.5 Å². The van der Waals surface area contributed by atoms with E-state index in [1.54, 1.807) is 25.3 Å². The van der Waals surface area contributed by atoms with Crippen LogP contribution < -0.4 is 15.5 Å². The van der Waals surface area contributed by atoms with Crippen molar-refractivity contribution < 1.29 is 9.59 Å². The van der Waals surface area contributed by atoms with E-state index in [-0.39, 0.29) is 11.8 Å². The van der Waals surface area contributed by atoms with Gasteiger partial charge in [0.25, 0.3) is 5.91 Å². The quantitative estimate of drug-likeness (QED) is 0.833. The van der Waals surface area contributed by atoms with Gasteiger partial charge in [-0.3, -0.25) is 9.59 Å². The first-order valence-electron chi connectivity index (χ1n) is 8.58. The van der Waals surface area contributed by atoms with E-state index in [4.69, 9.17) is 0 Å². The molecule has 0 radical (unpaired) electrons. The molecule has 3 heterocycles. The van der Waals surface area contributed by atoms with Crippen molar-refractivity contribution >= 4 is 34.7 Å². The van der Waals surface area contributed by atoms with Crippen molar-refractivity contribution in [3.05, 3.63) is 40.7 Å². The number of nitrogens with zero attached hydrogens (tertiary/aromatic N) is 3. The zero-order valence-corrected chi connectivity index (χ0v) is 15.8. The zero-order valence-electron chi connectivity index (χ0n) is 14.9. The van der Waals surface area contributed by atoms with Crippen molar-refractivity contribution in [3.63, 3.8) is 0 Å². The van der Waals surface area contributed by atoms with E-state index in [2.05, 4.69) is 32.5 Å². The standard InChI is InChI=1S/C18H23N5O2S/c1-13(20-18(25)15-4-3-11-26-15)17(24)21-14-5-6-16(19-12-14)23-9-7-22(2)8-10-23/h3-6,11-13H,7-10H2,1-2H3,(H,20,25)(H,21,24). The number of carbonyl (C=O) groups excluding carboxylic acids is 2. The highest BCUT2D eigenvalue weighted by molar-refractivity contribution is 7.12. The van der Waals surface area contributed by atoms with Crippen LogP contribution in [0.15, 0.2) is 35.8 Å². The topological polar surface area (TPSA) is 77.6 Å². The molecule has 1 aliphatic heterocycles. The molecule has 2 amide bonds. The lowest BCUT2D eigenvalue weighted by Crippen LogP contribution is -2.44. The molecule has 2 aromatic heterocycles. The average Bonchev–Trinajstić information content (AvgIpc) is 3.18. The SMILES string of the molecule is CC(NC(=O)c1cccs1)C(=O)Nc1ccc(N2CCN(C)CC2)nc1. The first kappa shape index (κ1) is 18.3. The molecule has 8 heteroatoms. The lowest BCUT2D eigenvalue weighted by Gasteiger charge is -2.33. The molecule has 1 unspecified atom stereocenters. The van der Waals surface area contributed by atoms with Crippen LogP contribution in [0.25, 0.3) is 0 Å². The number of pyridine rings is 1. The minimum absolute atomic E-state index is 0.244. The summed E-state index contributed by atoms with van der Waals surface area (Å²) in [5, 5.41) is 7.31. The van der Waals surface area contributed by atoms with Crippen LogP contribution in [-0.4, -0.2) is 61.0 Å². The van der Waals surface area contributed by atoms with Gasteiger partial charge in [-0.2, -0.15) is 0 Å². The highest BCUT2D eigenvalue weighted by atomic mass is 32.1. The van der Waals surface area contributed by atoms with E-state index >= 15 is 0 Å². The van der Waals surface area contributed by atoms with E-state index in [1.165, 1.54) is 11.3 Å². The maximum absolute atomic E-state index is 12.3. The number of amides is 2. The maximum atomic E-state index is 12.3. The minimum Gasteiger partial charge on any atom is -0.354 e. The molecular weight excluding hydrogens is 350 g/mol. The number of carbonyl (C=O) groups is 2. The molecule has 0 aliphatic carbocycles. The van der Waals surface area contributed by atoms with Gasteiger partial charge in [0.15, 0.2) is 0 Å². The lowest BCUT2D eigenvalue weighted by molar-refractivity contribution is -0.117. The molecule has 2 N–H and O–H groups in total. The number of rotatable bonds is 5. The van der Waals surface area contributed by atoms with Crippen LogP contribution in [-0.2, 0) is 4.79 Å². The van der Waals surface area contributed by atoms with Crippen LogP contribution in [0.2, 0.25) is 0 Å². The first-order valence-corrected chi connectivity index (χ1v) is 9.45. The number of anilines is 2. The van der Waals surface area contributed by atoms with Crippen LogP contribution in [0.5, 0.6) is 0 Å². The molecule has 0 aromatic carbocycles. The largest absolute Gasteiger partial charge is 0.354 e. The zero-order chi connectivity index (χ0) is 18.5. The Labute approximate surface area is 157 Å². The summed E-state index contributed by atoms with van der Waals surface area (Å²) in [6, 6.07) is 6.65. The molecule has 0 spiro atoms. The Morgan fingerprint density at radius 2 is 1.96 bits per heavy atom. The molecule has 138 valence electrons. The second kappa shape index (κ2) is 8.29. The van der Waals surface area contributed by atoms with Crippen molar-refractivity contribution in [2.45, 2.75) is 13.0 Å². The summed E-state index contributed by atoms with van der Waals surface area (Å²) in [5.74, 6) is 0.394. The molecule has 0 bridgehead atoms. The summed E-state index contributed by atoms with van der Waals surface area (Å²) in [6.45, 7) is 5.58. The van der Waals surface area contributed by atoms with Crippen molar-refractivity contribution in [3.8, 4) is 0 Å². The molecule has 2 aromatic rings. The number of likely N-dealkylation sites (N-methyl/N-ethyl adjacent to an activating group) is 1. The van der Waals surface area contributed by atoms with Gasteiger partial charge < -0.3 is 20.4 Å². The van der Waals surface area contributed by atoms with Gasteiger partial charge in [-0.1, -0.05) is 6.07 Å². The molecule has 1 aliphatic rings.